The highest BCUT2D eigenvalue weighted by Crippen LogP contribution is 2.37. The number of hydrogen-bond acceptors (Lipinski definition) is 3. The van der Waals surface area contributed by atoms with Crippen LogP contribution in [-0.4, -0.2) is 17.4 Å². The Labute approximate surface area is 124 Å². The molecule has 4 heteroatoms. The third kappa shape index (κ3) is 2.35. The van der Waals surface area contributed by atoms with Gasteiger partial charge in [0.1, 0.15) is 5.41 Å². The van der Waals surface area contributed by atoms with E-state index in [-0.39, 0.29) is 5.91 Å². The number of hydrogen-bond donors (Lipinski definition) is 0. The molecule has 3 nitrogen and oxygen atoms in total. The molecule has 0 bridgehead atoms. The van der Waals surface area contributed by atoms with E-state index < -0.39 is 5.41 Å². The molecule has 0 spiro atoms. The van der Waals surface area contributed by atoms with Crippen molar-refractivity contribution in [3.63, 3.8) is 0 Å². The summed E-state index contributed by atoms with van der Waals surface area (Å²) in [5, 5.41) is 11.7. The zero-order valence-electron chi connectivity index (χ0n) is 11.7. The Bertz CT molecular complexity index is 535. The first-order valence-corrected chi connectivity index (χ1v) is 8.39. The van der Waals surface area contributed by atoms with Crippen LogP contribution in [0.4, 0.5) is 0 Å². The van der Waals surface area contributed by atoms with Gasteiger partial charge in [-0.1, -0.05) is 25.7 Å². The van der Waals surface area contributed by atoms with Gasteiger partial charge >= 0.3 is 0 Å². The Morgan fingerprint density at radius 1 is 1.30 bits per heavy atom. The molecule has 1 amide bonds. The molecule has 3 rings (SSSR count). The summed E-state index contributed by atoms with van der Waals surface area (Å²) in [6, 6.07) is 4.50. The topological polar surface area (TPSA) is 44.1 Å². The minimum atomic E-state index is -0.746. The monoisotopic (exact) mass is 288 g/mol. The Hall–Kier alpha value is -1.34. The van der Waals surface area contributed by atoms with Crippen LogP contribution in [0.2, 0.25) is 0 Å². The average molecular weight is 288 g/mol. The van der Waals surface area contributed by atoms with Crippen LogP contribution >= 0.6 is 11.3 Å². The van der Waals surface area contributed by atoms with Gasteiger partial charge in [-0.3, -0.25) is 4.79 Å². The summed E-state index contributed by atoms with van der Waals surface area (Å²) in [7, 11) is 0. The lowest BCUT2D eigenvalue weighted by Gasteiger charge is -2.34. The van der Waals surface area contributed by atoms with Gasteiger partial charge in [-0.25, -0.2) is 0 Å². The molecule has 1 aliphatic carbocycles. The van der Waals surface area contributed by atoms with Gasteiger partial charge in [0, 0.05) is 18.0 Å². The standard InChI is InChI=1S/C16H20N2OS/c17-12-16(7-3-1-2-4-8-16)15(19)18-9-5-14-13(11-18)6-10-20-14/h6,10H,1-5,7-9,11H2. The zero-order chi connectivity index (χ0) is 14.0. The number of carbonyl (C=O) groups excluding carboxylic acids is 1. The number of rotatable bonds is 1. The minimum Gasteiger partial charge on any atom is -0.337 e. The maximum Gasteiger partial charge on any atom is 0.243 e. The molecule has 106 valence electrons. The van der Waals surface area contributed by atoms with E-state index in [4.69, 9.17) is 0 Å². The van der Waals surface area contributed by atoms with Crippen molar-refractivity contribution in [2.75, 3.05) is 6.54 Å². The number of nitrogens with zero attached hydrogens (tertiary/aromatic N) is 2. The van der Waals surface area contributed by atoms with Crippen molar-refractivity contribution >= 4 is 17.2 Å². The van der Waals surface area contributed by atoms with Crippen LogP contribution in [0.3, 0.4) is 0 Å². The number of nitriles is 1. The SMILES string of the molecule is N#CC1(C(=O)N2CCc3sccc3C2)CCCCCC1. The van der Waals surface area contributed by atoms with Crippen molar-refractivity contribution in [3.8, 4) is 6.07 Å². The maximum atomic E-state index is 12.9. The Balaban J connectivity index is 1.79. The first-order chi connectivity index (χ1) is 9.75. The smallest absolute Gasteiger partial charge is 0.243 e. The van der Waals surface area contributed by atoms with Crippen molar-refractivity contribution < 1.29 is 4.79 Å². The van der Waals surface area contributed by atoms with E-state index >= 15 is 0 Å². The second-order valence-electron chi connectivity index (χ2n) is 5.95. The van der Waals surface area contributed by atoms with Gasteiger partial charge in [-0.2, -0.15) is 5.26 Å². The fourth-order valence-corrected chi connectivity index (χ4v) is 4.32. The second-order valence-corrected chi connectivity index (χ2v) is 6.95. The van der Waals surface area contributed by atoms with Crippen molar-refractivity contribution in [2.24, 2.45) is 5.41 Å². The van der Waals surface area contributed by atoms with Gasteiger partial charge < -0.3 is 4.90 Å². The summed E-state index contributed by atoms with van der Waals surface area (Å²) in [5.74, 6) is 0.0822. The summed E-state index contributed by atoms with van der Waals surface area (Å²) < 4.78 is 0. The lowest BCUT2D eigenvalue weighted by atomic mass is 9.80. The van der Waals surface area contributed by atoms with Crippen LogP contribution in [0.15, 0.2) is 11.4 Å². The summed E-state index contributed by atoms with van der Waals surface area (Å²) in [5.41, 5.74) is 0.528. The van der Waals surface area contributed by atoms with Crippen molar-refractivity contribution in [1.29, 1.82) is 5.26 Å². The van der Waals surface area contributed by atoms with Gasteiger partial charge in [0.25, 0.3) is 0 Å². The van der Waals surface area contributed by atoms with Crippen LogP contribution in [0.25, 0.3) is 0 Å². The molecule has 0 unspecified atom stereocenters. The van der Waals surface area contributed by atoms with Gasteiger partial charge in [0.2, 0.25) is 5.91 Å². The maximum absolute atomic E-state index is 12.9. The minimum absolute atomic E-state index is 0.0822. The van der Waals surface area contributed by atoms with Gasteiger partial charge in [0.05, 0.1) is 6.07 Å². The van der Waals surface area contributed by atoms with E-state index in [1.54, 1.807) is 11.3 Å². The lowest BCUT2D eigenvalue weighted by Crippen LogP contribution is -2.45. The molecule has 0 radical (unpaired) electrons. The molecule has 0 aromatic carbocycles. The molecule has 1 aromatic heterocycles. The molecule has 1 fully saturated rings. The fraction of sp³-hybridized carbons (Fsp3) is 0.625. The molecule has 0 atom stereocenters. The van der Waals surface area contributed by atoms with E-state index in [9.17, 15) is 10.1 Å². The third-order valence-corrected chi connectivity index (χ3v) is 5.70. The van der Waals surface area contributed by atoms with Crippen LogP contribution in [0.5, 0.6) is 0 Å². The van der Waals surface area contributed by atoms with Crippen molar-refractivity contribution in [2.45, 2.75) is 51.5 Å². The van der Waals surface area contributed by atoms with E-state index in [1.807, 2.05) is 4.90 Å². The summed E-state index contributed by atoms with van der Waals surface area (Å²) in [6.45, 7) is 1.47. The summed E-state index contributed by atoms with van der Waals surface area (Å²) >= 11 is 1.78. The largest absolute Gasteiger partial charge is 0.337 e. The molecule has 1 aromatic rings. The Morgan fingerprint density at radius 2 is 2.05 bits per heavy atom. The molecule has 2 heterocycles. The molecular formula is C16H20N2OS. The highest BCUT2D eigenvalue weighted by molar-refractivity contribution is 7.10. The highest BCUT2D eigenvalue weighted by Gasteiger charge is 2.42. The quantitative estimate of drug-likeness (QED) is 0.742. The van der Waals surface area contributed by atoms with Crippen molar-refractivity contribution in [1.82, 2.24) is 4.90 Å². The van der Waals surface area contributed by atoms with Crippen molar-refractivity contribution in [3.05, 3.63) is 21.9 Å². The number of thiophene rings is 1. The van der Waals surface area contributed by atoms with Gasteiger partial charge in [-0.15, -0.1) is 11.3 Å². The summed E-state index contributed by atoms with van der Waals surface area (Å²) in [6.07, 6.45) is 6.77. The van der Waals surface area contributed by atoms with Gasteiger partial charge in [0.15, 0.2) is 0 Å². The van der Waals surface area contributed by atoms with E-state index in [1.165, 1.54) is 10.4 Å². The first-order valence-electron chi connectivity index (χ1n) is 7.51. The molecule has 2 aliphatic rings. The third-order valence-electron chi connectivity index (χ3n) is 4.68. The fourth-order valence-electron chi connectivity index (χ4n) is 3.43. The Kier molecular flexibility index (Phi) is 3.80. The van der Waals surface area contributed by atoms with E-state index in [0.717, 1.165) is 51.5 Å². The predicted molar refractivity (Wildman–Crippen MR) is 79.2 cm³/mol. The summed E-state index contributed by atoms with van der Waals surface area (Å²) in [4.78, 5) is 16.2. The van der Waals surface area contributed by atoms with Gasteiger partial charge in [-0.05, 0) is 36.3 Å². The lowest BCUT2D eigenvalue weighted by molar-refractivity contribution is -0.140. The highest BCUT2D eigenvalue weighted by atomic mass is 32.1. The zero-order valence-corrected chi connectivity index (χ0v) is 12.5. The average Bonchev–Trinajstić information content (AvgIpc) is 2.81. The molecule has 1 aliphatic heterocycles. The first kappa shape index (κ1) is 13.6. The van der Waals surface area contributed by atoms with E-state index in [2.05, 4.69) is 17.5 Å². The molecular weight excluding hydrogens is 268 g/mol. The van der Waals surface area contributed by atoms with Crippen LogP contribution in [0, 0.1) is 16.7 Å². The number of fused-ring (bicyclic) bond motifs is 1. The molecule has 20 heavy (non-hydrogen) atoms. The Morgan fingerprint density at radius 3 is 2.75 bits per heavy atom. The second kappa shape index (κ2) is 5.57. The number of amides is 1. The normalized spacial score (nSPS) is 21.6. The van der Waals surface area contributed by atoms with Crippen LogP contribution in [-0.2, 0) is 17.8 Å². The number of carbonyl (C=O) groups is 1. The molecule has 0 saturated heterocycles. The molecule has 1 saturated carbocycles. The molecule has 0 N–H and O–H groups in total. The van der Waals surface area contributed by atoms with E-state index in [0.29, 0.717) is 6.54 Å². The predicted octanol–water partition coefficient (Wildman–Crippen LogP) is 3.50. The van der Waals surface area contributed by atoms with Crippen LogP contribution < -0.4 is 0 Å². The van der Waals surface area contributed by atoms with Crippen LogP contribution in [0.1, 0.15) is 49.0 Å².